The van der Waals surface area contributed by atoms with Crippen LogP contribution < -0.4 is 10.5 Å². The SMILES string of the molecule is CCn1c(SCCC(=O)N2CCCc3ccccc32)nc2ccccc2c1=O. The summed E-state index contributed by atoms with van der Waals surface area (Å²) in [7, 11) is 0. The smallest absolute Gasteiger partial charge is 0.262 e. The van der Waals surface area contributed by atoms with Gasteiger partial charge < -0.3 is 4.90 Å². The lowest BCUT2D eigenvalue weighted by Crippen LogP contribution is -2.35. The van der Waals surface area contributed by atoms with Crippen molar-refractivity contribution in [3.05, 3.63) is 64.4 Å². The van der Waals surface area contributed by atoms with Gasteiger partial charge in [0.2, 0.25) is 5.91 Å². The molecule has 0 unspecified atom stereocenters. The van der Waals surface area contributed by atoms with E-state index in [0.29, 0.717) is 34.8 Å². The van der Waals surface area contributed by atoms with E-state index in [4.69, 9.17) is 0 Å². The Morgan fingerprint density at radius 1 is 1.14 bits per heavy atom. The van der Waals surface area contributed by atoms with Gasteiger partial charge in [-0.15, -0.1) is 0 Å². The van der Waals surface area contributed by atoms with E-state index in [9.17, 15) is 9.59 Å². The molecule has 1 aromatic heterocycles. The molecule has 0 atom stereocenters. The van der Waals surface area contributed by atoms with Crippen molar-refractivity contribution in [1.82, 2.24) is 9.55 Å². The van der Waals surface area contributed by atoms with E-state index < -0.39 is 0 Å². The molecule has 0 saturated carbocycles. The lowest BCUT2D eigenvalue weighted by Gasteiger charge is -2.29. The highest BCUT2D eigenvalue weighted by atomic mass is 32.2. The van der Waals surface area contributed by atoms with E-state index >= 15 is 0 Å². The highest BCUT2D eigenvalue weighted by Gasteiger charge is 2.22. The molecular formula is C22H23N3O2S. The molecule has 1 aliphatic heterocycles. The molecule has 6 heteroatoms. The number of rotatable bonds is 5. The highest BCUT2D eigenvalue weighted by Crippen LogP contribution is 2.28. The largest absolute Gasteiger partial charge is 0.312 e. The fourth-order valence-corrected chi connectivity index (χ4v) is 4.68. The van der Waals surface area contributed by atoms with Gasteiger partial charge in [0.15, 0.2) is 5.16 Å². The van der Waals surface area contributed by atoms with E-state index in [-0.39, 0.29) is 11.5 Å². The molecule has 0 N–H and O–H groups in total. The normalized spacial score (nSPS) is 13.5. The fraction of sp³-hybridized carbons (Fsp3) is 0.318. The summed E-state index contributed by atoms with van der Waals surface area (Å²) in [6.07, 6.45) is 2.45. The summed E-state index contributed by atoms with van der Waals surface area (Å²) in [5, 5.41) is 1.31. The van der Waals surface area contributed by atoms with Crippen LogP contribution in [0.2, 0.25) is 0 Å². The Labute approximate surface area is 168 Å². The average molecular weight is 394 g/mol. The van der Waals surface area contributed by atoms with Gasteiger partial charge in [-0.05, 0) is 43.5 Å². The number of carbonyl (C=O) groups excluding carboxylic acids is 1. The molecule has 144 valence electrons. The third-order valence-corrected chi connectivity index (χ3v) is 6.08. The number of thioether (sulfide) groups is 1. The zero-order chi connectivity index (χ0) is 19.5. The van der Waals surface area contributed by atoms with Crippen molar-refractivity contribution in [2.45, 2.75) is 37.9 Å². The minimum absolute atomic E-state index is 0.0214. The van der Waals surface area contributed by atoms with Gasteiger partial charge in [-0.1, -0.05) is 42.1 Å². The third-order valence-electron chi connectivity index (χ3n) is 5.10. The number of para-hydroxylation sites is 2. The van der Waals surface area contributed by atoms with Gasteiger partial charge in [0.25, 0.3) is 5.56 Å². The first-order valence-corrected chi connectivity index (χ1v) is 10.7. The minimum Gasteiger partial charge on any atom is -0.312 e. The summed E-state index contributed by atoms with van der Waals surface area (Å²) in [6, 6.07) is 15.5. The Morgan fingerprint density at radius 3 is 2.79 bits per heavy atom. The maximum atomic E-state index is 12.8. The van der Waals surface area contributed by atoms with E-state index in [1.54, 1.807) is 4.57 Å². The van der Waals surface area contributed by atoms with Crippen LogP contribution in [0.5, 0.6) is 0 Å². The van der Waals surface area contributed by atoms with Gasteiger partial charge in [-0.2, -0.15) is 0 Å². The van der Waals surface area contributed by atoms with Crippen LogP contribution in [0.1, 0.15) is 25.3 Å². The first kappa shape index (κ1) is 18.7. The molecule has 0 fully saturated rings. The Balaban J connectivity index is 1.49. The van der Waals surface area contributed by atoms with Gasteiger partial charge in [-0.3, -0.25) is 14.2 Å². The Kier molecular flexibility index (Phi) is 5.48. The highest BCUT2D eigenvalue weighted by molar-refractivity contribution is 7.99. The monoisotopic (exact) mass is 393 g/mol. The van der Waals surface area contributed by atoms with Crippen molar-refractivity contribution in [2.24, 2.45) is 0 Å². The van der Waals surface area contributed by atoms with E-state index in [0.717, 1.165) is 25.1 Å². The van der Waals surface area contributed by atoms with Crippen LogP contribution >= 0.6 is 11.8 Å². The molecule has 28 heavy (non-hydrogen) atoms. The minimum atomic E-state index is -0.0214. The van der Waals surface area contributed by atoms with Gasteiger partial charge in [0.1, 0.15) is 0 Å². The summed E-state index contributed by atoms with van der Waals surface area (Å²) in [5.41, 5.74) is 2.96. The molecule has 4 rings (SSSR count). The van der Waals surface area contributed by atoms with Crippen molar-refractivity contribution in [1.29, 1.82) is 0 Å². The fourth-order valence-electron chi connectivity index (χ4n) is 3.69. The molecule has 0 aliphatic carbocycles. The van der Waals surface area contributed by atoms with Gasteiger partial charge in [-0.25, -0.2) is 4.98 Å². The molecule has 3 aromatic rings. The number of hydrogen-bond donors (Lipinski definition) is 0. The quantitative estimate of drug-likeness (QED) is 0.488. The number of carbonyl (C=O) groups is 1. The number of hydrogen-bond acceptors (Lipinski definition) is 4. The van der Waals surface area contributed by atoms with Crippen molar-refractivity contribution in [2.75, 3.05) is 17.2 Å². The van der Waals surface area contributed by atoms with Crippen LogP contribution in [0.3, 0.4) is 0 Å². The van der Waals surface area contributed by atoms with E-state index in [2.05, 4.69) is 11.1 Å². The van der Waals surface area contributed by atoms with E-state index in [1.165, 1.54) is 17.3 Å². The predicted octanol–water partition coefficient (Wildman–Crippen LogP) is 3.88. The van der Waals surface area contributed by atoms with Crippen LogP contribution in [-0.2, 0) is 17.8 Å². The molecule has 0 bridgehead atoms. The topological polar surface area (TPSA) is 55.2 Å². The summed E-state index contributed by atoms with van der Waals surface area (Å²) in [4.78, 5) is 32.1. The van der Waals surface area contributed by atoms with Crippen LogP contribution in [-0.4, -0.2) is 27.8 Å². The maximum absolute atomic E-state index is 12.8. The van der Waals surface area contributed by atoms with Crippen LogP contribution in [0.15, 0.2) is 58.5 Å². The Morgan fingerprint density at radius 2 is 1.93 bits per heavy atom. The second kappa shape index (κ2) is 8.19. The van der Waals surface area contributed by atoms with E-state index in [1.807, 2.05) is 54.3 Å². The maximum Gasteiger partial charge on any atom is 0.262 e. The molecule has 2 heterocycles. The van der Waals surface area contributed by atoms with Gasteiger partial charge in [0.05, 0.1) is 10.9 Å². The first-order valence-electron chi connectivity index (χ1n) is 9.69. The summed E-state index contributed by atoms with van der Waals surface area (Å²) >= 11 is 1.48. The molecule has 2 aromatic carbocycles. The number of aryl methyl sites for hydroxylation is 1. The van der Waals surface area contributed by atoms with Crippen molar-refractivity contribution in [3.63, 3.8) is 0 Å². The lowest BCUT2D eigenvalue weighted by molar-refractivity contribution is -0.118. The molecular weight excluding hydrogens is 370 g/mol. The summed E-state index contributed by atoms with van der Waals surface area (Å²) in [5.74, 6) is 0.730. The van der Waals surface area contributed by atoms with Crippen LogP contribution in [0, 0.1) is 0 Å². The number of anilines is 1. The lowest BCUT2D eigenvalue weighted by atomic mass is 10.0. The zero-order valence-corrected chi connectivity index (χ0v) is 16.7. The molecule has 0 spiro atoms. The molecule has 1 aliphatic rings. The average Bonchev–Trinajstić information content (AvgIpc) is 2.73. The molecule has 0 saturated heterocycles. The van der Waals surface area contributed by atoms with Crippen LogP contribution in [0.25, 0.3) is 10.9 Å². The Bertz CT molecular complexity index is 1080. The Hall–Kier alpha value is -2.60. The second-order valence-corrected chi connectivity index (χ2v) is 7.90. The van der Waals surface area contributed by atoms with Crippen LogP contribution in [0.4, 0.5) is 5.69 Å². The third kappa shape index (κ3) is 3.56. The number of amides is 1. The van der Waals surface area contributed by atoms with Crippen molar-refractivity contribution in [3.8, 4) is 0 Å². The number of benzene rings is 2. The summed E-state index contributed by atoms with van der Waals surface area (Å²) < 4.78 is 1.69. The second-order valence-electron chi connectivity index (χ2n) is 6.84. The molecule has 5 nitrogen and oxygen atoms in total. The number of aromatic nitrogens is 2. The van der Waals surface area contributed by atoms with Crippen molar-refractivity contribution >= 4 is 34.3 Å². The zero-order valence-electron chi connectivity index (χ0n) is 15.9. The molecule has 1 amide bonds. The molecule has 0 radical (unpaired) electrons. The number of nitrogens with zero attached hydrogens (tertiary/aromatic N) is 3. The standard InChI is InChI=1S/C22H23N3O2S/c1-2-24-21(27)17-10-4-5-11-18(17)23-22(24)28-15-13-20(26)25-14-7-9-16-8-3-6-12-19(16)25/h3-6,8,10-12H,2,7,9,13-15H2,1H3. The predicted molar refractivity (Wildman–Crippen MR) is 114 cm³/mol. The number of fused-ring (bicyclic) bond motifs is 2. The van der Waals surface area contributed by atoms with Gasteiger partial charge >= 0.3 is 0 Å². The summed E-state index contributed by atoms with van der Waals surface area (Å²) in [6.45, 7) is 3.28. The van der Waals surface area contributed by atoms with Crippen molar-refractivity contribution < 1.29 is 4.79 Å². The van der Waals surface area contributed by atoms with Gasteiger partial charge in [0, 0.05) is 31.0 Å². The first-order chi connectivity index (χ1) is 13.7.